The van der Waals surface area contributed by atoms with E-state index in [0.717, 1.165) is 4.64 Å². The summed E-state index contributed by atoms with van der Waals surface area (Å²) in [6.45, 7) is 17.3. The molecule has 0 saturated carbocycles. The zero-order chi connectivity index (χ0) is 12.1. The van der Waals surface area contributed by atoms with Gasteiger partial charge in [0.05, 0.1) is 0 Å². The first-order chi connectivity index (χ1) is 6.89. The van der Waals surface area contributed by atoms with Crippen LogP contribution in [0.15, 0.2) is 0 Å². The summed E-state index contributed by atoms with van der Waals surface area (Å²) in [5, 5.41) is 0. The summed E-state index contributed by atoms with van der Waals surface area (Å²) in [4.78, 5) is 0. The Bertz CT molecular complexity index is 142. The van der Waals surface area contributed by atoms with Crippen LogP contribution in [0.25, 0.3) is 0 Å². The second-order valence-electron chi connectivity index (χ2n) is 4.91. The van der Waals surface area contributed by atoms with Crippen LogP contribution in [0.1, 0.15) is 32.6 Å². The van der Waals surface area contributed by atoms with Gasteiger partial charge in [-0.15, -0.1) is 0 Å². The molecule has 0 nitrogen and oxygen atoms in total. The Morgan fingerprint density at radius 2 is 1.13 bits per heavy atom. The maximum absolute atomic E-state index is 2.51. The van der Waals surface area contributed by atoms with E-state index in [1.165, 1.54) is 25.7 Å². The minimum absolute atomic E-state index is 0.214. The van der Waals surface area contributed by atoms with Crippen molar-refractivity contribution in [2.24, 2.45) is 0 Å². The predicted octanol–water partition coefficient (Wildman–Crippen LogP) is 5.45. The van der Waals surface area contributed by atoms with Crippen molar-refractivity contribution in [3.05, 3.63) is 0 Å². The van der Waals surface area contributed by atoms with Crippen molar-refractivity contribution in [3.63, 3.8) is 0 Å². The van der Waals surface area contributed by atoms with Gasteiger partial charge in [-0.2, -0.15) is 0 Å². The standard InChI is InChI=1S/C12H29P3/c1-8-9-10-11-12(13(2)3,14(4)5)15(6)7/h8-11H2,1-7H3. The molecular formula is C12H29P3. The minimum Gasteiger partial charge on any atom is -0.0977 e. The van der Waals surface area contributed by atoms with E-state index in [-0.39, 0.29) is 23.8 Å². The molecule has 0 rings (SSSR count). The van der Waals surface area contributed by atoms with Crippen LogP contribution in [0.2, 0.25) is 0 Å². The van der Waals surface area contributed by atoms with Crippen LogP contribution in [0.4, 0.5) is 0 Å². The predicted molar refractivity (Wildman–Crippen MR) is 83.2 cm³/mol. The fourth-order valence-electron chi connectivity index (χ4n) is 2.48. The van der Waals surface area contributed by atoms with Crippen molar-refractivity contribution in [1.82, 2.24) is 0 Å². The highest BCUT2D eigenvalue weighted by molar-refractivity contribution is 7.91. The largest absolute Gasteiger partial charge is 0.0977 e. The van der Waals surface area contributed by atoms with Crippen molar-refractivity contribution >= 4 is 23.8 Å². The Morgan fingerprint density at radius 3 is 1.40 bits per heavy atom. The Labute approximate surface area is 101 Å². The monoisotopic (exact) mass is 266 g/mol. The molecule has 0 aromatic rings. The normalized spacial score (nSPS) is 13.2. The van der Waals surface area contributed by atoms with E-state index in [2.05, 4.69) is 46.9 Å². The zero-order valence-electron chi connectivity index (χ0n) is 11.7. The van der Waals surface area contributed by atoms with Gasteiger partial charge in [0.25, 0.3) is 0 Å². The van der Waals surface area contributed by atoms with Crippen LogP contribution in [-0.2, 0) is 0 Å². The lowest BCUT2D eigenvalue weighted by molar-refractivity contribution is 0.678. The molecule has 0 radical (unpaired) electrons. The maximum Gasteiger partial charge on any atom is 0.0285 e. The highest BCUT2D eigenvalue weighted by Gasteiger charge is 2.38. The molecule has 0 aromatic heterocycles. The van der Waals surface area contributed by atoms with Crippen LogP contribution in [0.3, 0.4) is 0 Å². The molecule has 0 aromatic carbocycles. The molecule has 0 atom stereocenters. The molecule has 15 heavy (non-hydrogen) atoms. The van der Waals surface area contributed by atoms with Gasteiger partial charge in [0, 0.05) is 4.64 Å². The Morgan fingerprint density at radius 1 is 0.733 bits per heavy atom. The van der Waals surface area contributed by atoms with Crippen molar-refractivity contribution in [1.29, 1.82) is 0 Å². The Hall–Kier alpha value is 1.29. The summed E-state index contributed by atoms with van der Waals surface area (Å²) in [7, 11) is 0.642. The van der Waals surface area contributed by atoms with E-state index in [1.807, 2.05) is 0 Å². The van der Waals surface area contributed by atoms with Crippen LogP contribution >= 0.6 is 23.8 Å². The van der Waals surface area contributed by atoms with Gasteiger partial charge in [-0.3, -0.25) is 0 Å². The molecule has 0 aliphatic heterocycles. The summed E-state index contributed by atoms with van der Waals surface area (Å²) >= 11 is 0. The van der Waals surface area contributed by atoms with E-state index in [1.54, 1.807) is 0 Å². The molecule has 0 N–H and O–H groups in total. The third kappa shape index (κ3) is 4.22. The first-order valence-electron chi connectivity index (χ1n) is 5.91. The molecular weight excluding hydrogens is 237 g/mol. The highest BCUT2D eigenvalue weighted by atomic mass is 31.2. The highest BCUT2D eigenvalue weighted by Crippen LogP contribution is 2.75. The van der Waals surface area contributed by atoms with Gasteiger partial charge < -0.3 is 0 Å². The molecule has 0 amide bonds. The van der Waals surface area contributed by atoms with Gasteiger partial charge in [-0.05, 0) is 46.4 Å². The lowest BCUT2D eigenvalue weighted by Gasteiger charge is -2.46. The van der Waals surface area contributed by atoms with Crippen LogP contribution < -0.4 is 0 Å². The number of unbranched alkanes of at least 4 members (excludes halogenated alkanes) is 2. The van der Waals surface area contributed by atoms with Crippen molar-refractivity contribution in [2.45, 2.75) is 37.2 Å². The smallest absolute Gasteiger partial charge is 0.0285 e. The van der Waals surface area contributed by atoms with Gasteiger partial charge in [-0.1, -0.05) is 50.0 Å². The van der Waals surface area contributed by atoms with Gasteiger partial charge in [0.2, 0.25) is 0 Å². The summed E-state index contributed by atoms with van der Waals surface area (Å²) in [5.74, 6) is 0. The molecule has 92 valence electrons. The molecule has 3 heteroatoms. The lowest BCUT2D eigenvalue weighted by Crippen LogP contribution is -2.21. The summed E-state index contributed by atoms with van der Waals surface area (Å²) in [5.41, 5.74) is 0. The molecule has 0 spiro atoms. The van der Waals surface area contributed by atoms with Gasteiger partial charge in [0.1, 0.15) is 0 Å². The SMILES string of the molecule is CCCCCC(P(C)C)(P(C)C)P(C)C. The summed E-state index contributed by atoms with van der Waals surface area (Å²) < 4.78 is 0.745. The molecule has 0 aliphatic carbocycles. The third-order valence-corrected chi connectivity index (χ3v) is 15.4. The molecule has 0 unspecified atom stereocenters. The van der Waals surface area contributed by atoms with Crippen molar-refractivity contribution in [3.8, 4) is 0 Å². The van der Waals surface area contributed by atoms with Crippen LogP contribution in [0, 0.1) is 0 Å². The number of rotatable bonds is 7. The van der Waals surface area contributed by atoms with Gasteiger partial charge >= 0.3 is 0 Å². The fourth-order valence-corrected chi connectivity index (χ4v) is 13.9. The second-order valence-corrected chi connectivity index (χ2v) is 13.6. The molecule has 0 aliphatic rings. The molecule has 0 saturated heterocycles. The molecule has 0 heterocycles. The van der Waals surface area contributed by atoms with Crippen LogP contribution in [0.5, 0.6) is 0 Å². The van der Waals surface area contributed by atoms with E-state index in [4.69, 9.17) is 0 Å². The lowest BCUT2D eigenvalue weighted by atomic mass is 10.2. The van der Waals surface area contributed by atoms with E-state index in [9.17, 15) is 0 Å². The summed E-state index contributed by atoms with van der Waals surface area (Å²) in [6.07, 6.45) is 5.74. The Balaban J connectivity index is 4.65. The quantitative estimate of drug-likeness (QED) is 0.425. The minimum atomic E-state index is 0.214. The number of hydrogen-bond acceptors (Lipinski definition) is 0. The van der Waals surface area contributed by atoms with Gasteiger partial charge in [-0.25, -0.2) is 0 Å². The average molecular weight is 266 g/mol. The molecule has 0 bridgehead atoms. The maximum atomic E-state index is 2.51. The summed E-state index contributed by atoms with van der Waals surface area (Å²) in [6, 6.07) is 0. The van der Waals surface area contributed by atoms with E-state index < -0.39 is 0 Å². The second kappa shape index (κ2) is 7.58. The van der Waals surface area contributed by atoms with Gasteiger partial charge in [0.15, 0.2) is 0 Å². The van der Waals surface area contributed by atoms with E-state index in [0.29, 0.717) is 0 Å². The third-order valence-electron chi connectivity index (χ3n) is 3.26. The first-order valence-corrected chi connectivity index (χ1v) is 12.6. The first kappa shape index (κ1) is 16.3. The van der Waals surface area contributed by atoms with Crippen LogP contribution in [-0.4, -0.2) is 44.6 Å². The van der Waals surface area contributed by atoms with Crippen molar-refractivity contribution in [2.75, 3.05) is 40.0 Å². The molecule has 0 fully saturated rings. The van der Waals surface area contributed by atoms with E-state index >= 15 is 0 Å². The fraction of sp³-hybridized carbons (Fsp3) is 1.00. The van der Waals surface area contributed by atoms with Crippen molar-refractivity contribution < 1.29 is 0 Å². The number of hydrogen-bond donors (Lipinski definition) is 0. The Kier molecular flexibility index (Phi) is 8.24. The topological polar surface area (TPSA) is 0 Å². The average Bonchev–Trinajstić information content (AvgIpc) is 2.10. The zero-order valence-corrected chi connectivity index (χ0v) is 14.4.